The van der Waals surface area contributed by atoms with E-state index in [4.69, 9.17) is 19.2 Å². The van der Waals surface area contributed by atoms with Crippen LogP contribution in [0, 0.1) is 5.82 Å². The van der Waals surface area contributed by atoms with Gasteiger partial charge in [-0.1, -0.05) is 60.7 Å². The fourth-order valence-corrected chi connectivity index (χ4v) is 5.58. The summed E-state index contributed by atoms with van der Waals surface area (Å²) in [6.45, 7) is 6.58. The lowest BCUT2D eigenvalue weighted by Gasteiger charge is -2.27. The molecule has 2 aromatic carbocycles. The van der Waals surface area contributed by atoms with Crippen LogP contribution in [0.4, 0.5) is 20.8 Å². The molecule has 2 N–H and O–H groups in total. The summed E-state index contributed by atoms with van der Waals surface area (Å²) in [5, 5.41) is 10.4. The number of nitrogens with one attached hydrogen (secondary N) is 2. The molecule has 256 valence electrons. The van der Waals surface area contributed by atoms with E-state index in [9.17, 15) is 14.0 Å². The number of carbonyl (C=O) groups excluding carboxylic acids is 2. The van der Waals surface area contributed by atoms with Crippen molar-refractivity contribution in [1.29, 1.82) is 0 Å². The number of carbonyl (C=O) groups is 2. The van der Waals surface area contributed by atoms with Gasteiger partial charge in [-0.25, -0.2) is 23.9 Å². The minimum absolute atomic E-state index is 0.0554. The van der Waals surface area contributed by atoms with E-state index in [0.29, 0.717) is 34.8 Å². The summed E-state index contributed by atoms with van der Waals surface area (Å²) < 4.78 is 32.7. The quantitative estimate of drug-likeness (QED) is 0.102. The number of alkyl carbamates (subject to hydrolysis) is 1. The van der Waals surface area contributed by atoms with Gasteiger partial charge in [-0.05, 0) is 53.9 Å². The number of hydrogen-bond donors (Lipinski definition) is 2. The van der Waals surface area contributed by atoms with Gasteiger partial charge in [0.05, 0.1) is 26.0 Å². The Bertz CT molecular complexity index is 1860. The lowest BCUT2D eigenvalue weighted by Crippen LogP contribution is -2.34. The van der Waals surface area contributed by atoms with Gasteiger partial charge < -0.3 is 29.7 Å². The fraction of sp³-hybridized carbons (Fsp3) is 0.286. The van der Waals surface area contributed by atoms with E-state index in [1.54, 1.807) is 25.3 Å². The van der Waals surface area contributed by atoms with Crippen molar-refractivity contribution >= 4 is 45.3 Å². The number of methoxy groups -OCH3 is 1. The van der Waals surface area contributed by atoms with Gasteiger partial charge in [-0.15, -0.1) is 0 Å². The predicted molar refractivity (Wildman–Crippen MR) is 186 cm³/mol. The van der Waals surface area contributed by atoms with Gasteiger partial charge in [0.15, 0.2) is 11.5 Å². The van der Waals surface area contributed by atoms with Crippen molar-refractivity contribution < 1.29 is 28.2 Å². The van der Waals surface area contributed by atoms with Crippen molar-refractivity contribution in [3.8, 4) is 5.88 Å². The molecule has 0 aliphatic carbocycles. The molecule has 12 nitrogen and oxygen atoms in total. The second-order valence-electron chi connectivity index (χ2n) is 12.0. The Morgan fingerprint density at radius 3 is 2.27 bits per heavy atom. The molecular weight excluding hydrogens is 697 g/mol. The van der Waals surface area contributed by atoms with Crippen molar-refractivity contribution in [3.63, 3.8) is 0 Å². The highest BCUT2D eigenvalue weighted by Gasteiger charge is 2.25. The van der Waals surface area contributed by atoms with Gasteiger partial charge in [-0.3, -0.25) is 0 Å². The predicted octanol–water partition coefficient (Wildman–Crippen LogP) is 6.53. The number of fused-ring (bicyclic) bond motifs is 1. The number of halogens is 2. The van der Waals surface area contributed by atoms with Crippen LogP contribution in [0.25, 0.3) is 5.65 Å². The van der Waals surface area contributed by atoms with Crippen LogP contribution < -0.4 is 20.3 Å². The molecule has 14 heteroatoms. The molecule has 3 heterocycles. The molecule has 0 aliphatic heterocycles. The summed E-state index contributed by atoms with van der Waals surface area (Å²) in [4.78, 5) is 35.8. The van der Waals surface area contributed by atoms with E-state index >= 15 is 0 Å². The normalized spacial score (nSPS) is 11.2. The van der Waals surface area contributed by atoms with E-state index in [-0.39, 0.29) is 36.8 Å². The highest BCUT2D eigenvalue weighted by atomic mass is 79.9. The molecule has 0 spiro atoms. The third-order valence-electron chi connectivity index (χ3n) is 7.05. The third kappa shape index (κ3) is 9.22. The summed E-state index contributed by atoms with van der Waals surface area (Å²) in [6, 6.07) is 21.3. The van der Waals surface area contributed by atoms with Crippen molar-refractivity contribution in [2.24, 2.45) is 0 Å². The average Bonchev–Trinajstić information content (AvgIpc) is 3.49. The average molecular weight is 735 g/mol. The fourth-order valence-electron chi connectivity index (χ4n) is 4.93. The van der Waals surface area contributed by atoms with Gasteiger partial charge in [0, 0.05) is 25.2 Å². The molecule has 0 saturated carbocycles. The molecule has 1 amide bonds. The van der Waals surface area contributed by atoms with Gasteiger partial charge in [0.2, 0.25) is 5.88 Å². The van der Waals surface area contributed by atoms with Crippen LogP contribution >= 0.6 is 15.9 Å². The van der Waals surface area contributed by atoms with E-state index in [2.05, 4.69) is 41.5 Å². The first-order chi connectivity index (χ1) is 23.5. The Balaban J connectivity index is 1.47. The van der Waals surface area contributed by atoms with Crippen LogP contribution in [0.2, 0.25) is 0 Å². The number of rotatable bonds is 13. The number of esters is 1. The number of nitrogens with zero attached hydrogens (tertiary/aromatic N) is 5. The Morgan fingerprint density at radius 2 is 1.65 bits per heavy atom. The topological polar surface area (TPSA) is 132 Å². The third-order valence-corrected chi connectivity index (χ3v) is 7.78. The Kier molecular flexibility index (Phi) is 11.3. The van der Waals surface area contributed by atoms with E-state index in [1.165, 1.54) is 19.4 Å². The van der Waals surface area contributed by atoms with Crippen molar-refractivity contribution in [1.82, 2.24) is 24.9 Å². The van der Waals surface area contributed by atoms with Crippen molar-refractivity contribution in [3.05, 3.63) is 112 Å². The lowest BCUT2D eigenvalue weighted by molar-refractivity contribution is 0.0518. The summed E-state index contributed by atoms with van der Waals surface area (Å²) in [7, 11) is 1.30. The molecule has 0 unspecified atom stereocenters. The van der Waals surface area contributed by atoms with Crippen LogP contribution in [-0.4, -0.2) is 57.5 Å². The van der Waals surface area contributed by atoms with Crippen LogP contribution in [0.15, 0.2) is 83.6 Å². The number of ether oxygens (including phenoxy) is 3. The zero-order valence-corrected chi connectivity index (χ0v) is 29.2. The number of hydrogen-bond acceptors (Lipinski definition) is 10. The van der Waals surface area contributed by atoms with Gasteiger partial charge in [0.25, 0.3) is 0 Å². The molecule has 5 aromatic rings. The van der Waals surface area contributed by atoms with Crippen LogP contribution in [0.1, 0.15) is 47.8 Å². The number of anilines is 2. The van der Waals surface area contributed by atoms with Crippen molar-refractivity contribution in [2.45, 2.75) is 46.0 Å². The second kappa shape index (κ2) is 15.8. The van der Waals surface area contributed by atoms with Crippen LogP contribution in [0.3, 0.4) is 0 Å². The highest BCUT2D eigenvalue weighted by molar-refractivity contribution is 9.10. The second-order valence-corrected chi connectivity index (χ2v) is 12.8. The highest BCUT2D eigenvalue weighted by Crippen LogP contribution is 2.36. The molecule has 0 atom stereocenters. The van der Waals surface area contributed by atoms with Gasteiger partial charge in [-0.2, -0.15) is 9.61 Å². The molecule has 0 saturated heterocycles. The van der Waals surface area contributed by atoms with Gasteiger partial charge >= 0.3 is 12.1 Å². The maximum absolute atomic E-state index is 14.4. The maximum Gasteiger partial charge on any atom is 0.407 e. The minimum atomic E-state index is -0.637. The molecule has 3 aromatic heterocycles. The van der Waals surface area contributed by atoms with Crippen LogP contribution in [0.5, 0.6) is 5.88 Å². The molecule has 49 heavy (non-hydrogen) atoms. The van der Waals surface area contributed by atoms with E-state index < -0.39 is 23.5 Å². The Morgan fingerprint density at radius 1 is 1.00 bits per heavy atom. The Labute approximate surface area is 291 Å². The minimum Gasteiger partial charge on any atom is -0.476 e. The summed E-state index contributed by atoms with van der Waals surface area (Å²) >= 11 is 3.77. The Hall–Kier alpha value is -5.24. The van der Waals surface area contributed by atoms with Gasteiger partial charge in [0.1, 0.15) is 33.9 Å². The smallest absolute Gasteiger partial charge is 0.407 e. The first-order valence-corrected chi connectivity index (χ1v) is 16.3. The summed E-state index contributed by atoms with van der Waals surface area (Å²) in [5.41, 5.74) is 2.31. The number of pyridine rings is 1. The maximum atomic E-state index is 14.4. The SMILES string of the molecule is COC(=O)c1cnn2c(N(Cc3ccccc3)Cc3ccccc3)c(Br)c(NCc3cc(F)cnc3OCCNC(=O)OC(C)(C)C)nc12. The number of amides is 1. The molecular formula is C35H37BrFN7O5. The summed E-state index contributed by atoms with van der Waals surface area (Å²) in [5.74, 6) is 0.00875. The lowest BCUT2D eigenvalue weighted by atomic mass is 10.1. The standard InChI is InChI=1S/C35H37BrFN7O5/c1-35(2,3)49-34(46)38-15-16-48-31-25(17-26(37)19-40-31)18-39-29-28(36)32(44-30(42-29)27(20-41-44)33(45)47-4)43(21-23-11-7-5-8-12-23)22-24-13-9-6-10-14-24/h5-14,17,19-20H,15-16,18,21-22H2,1-4H3,(H,38,46)(H,39,42). The van der Waals surface area contributed by atoms with Crippen molar-refractivity contribution in [2.75, 3.05) is 30.5 Å². The summed E-state index contributed by atoms with van der Waals surface area (Å²) in [6.07, 6.45) is 1.90. The zero-order chi connectivity index (χ0) is 35.0. The molecule has 0 fully saturated rings. The monoisotopic (exact) mass is 733 g/mol. The van der Waals surface area contributed by atoms with E-state index in [1.807, 2.05) is 60.7 Å². The molecule has 0 bridgehead atoms. The largest absolute Gasteiger partial charge is 0.476 e. The van der Waals surface area contributed by atoms with Crippen LogP contribution in [-0.2, 0) is 29.1 Å². The first kappa shape index (κ1) is 35.1. The molecule has 0 radical (unpaired) electrons. The zero-order valence-electron chi connectivity index (χ0n) is 27.6. The number of aromatic nitrogens is 4. The van der Waals surface area contributed by atoms with E-state index in [0.717, 1.165) is 17.3 Å². The molecule has 0 aliphatic rings. The first-order valence-electron chi connectivity index (χ1n) is 15.5. The number of benzene rings is 2. The molecule has 5 rings (SSSR count).